The number of aromatic nitrogens is 3. The van der Waals surface area contributed by atoms with Crippen LogP contribution >= 0.6 is 0 Å². The number of halogens is 2. The highest BCUT2D eigenvalue weighted by atomic mass is 19.2. The fourth-order valence-electron chi connectivity index (χ4n) is 2.91. The Morgan fingerprint density at radius 2 is 1.71 bits per heavy atom. The molecule has 4 aromatic rings. The molecule has 0 aliphatic heterocycles. The van der Waals surface area contributed by atoms with E-state index in [0.717, 1.165) is 23.3 Å². The molecule has 6 nitrogen and oxygen atoms in total. The van der Waals surface area contributed by atoms with Crippen LogP contribution in [0.2, 0.25) is 0 Å². The van der Waals surface area contributed by atoms with Gasteiger partial charge in [-0.15, -0.1) is 0 Å². The van der Waals surface area contributed by atoms with E-state index < -0.39 is 17.5 Å². The number of carbonyl (C=O) groups is 1. The number of rotatable bonds is 6. The van der Waals surface area contributed by atoms with Gasteiger partial charge in [0.05, 0.1) is 23.6 Å². The summed E-state index contributed by atoms with van der Waals surface area (Å²) in [5.41, 5.74) is 2.85. The first-order valence-corrected chi connectivity index (χ1v) is 9.29. The van der Waals surface area contributed by atoms with E-state index in [1.54, 1.807) is 36.7 Å². The highest BCUT2D eigenvalue weighted by molar-refractivity contribution is 6.06. The van der Waals surface area contributed by atoms with Crippen molar-refractivity contribution in [2.75, 3.05) is 5.32 Å². The largest absolute Gasteiger partial charge is 0.488 e. The lowest BCUT2D eigenvalue weighted by Gasteiger charge is -2.14. The second-order valence-electron chi connectivity index (χ2n) is 6.57. The molecule has 1 N–H and O–H groups in total. The molecule has 0 spiro atoms. The average Bonchev–Trinajstić information content (AvgIpc) is 2.81. The molecule has 0 atom stereocenters. The second-order valence-corrected chi connectivity index (χ2v) is 6.57. The summed E-state index contributed by atoms with van der Waals surface area (Å²) in [5, 5.41) is 10.2. The van der Waals surface area contributed by atoms with Crippen LogP contribution in [0.25, 0.3) is 11.1 Å². The first kappa shape index (κ1) is 20.1. The summed E-state index contributed by atoms with van der Waals surface area (Å²) in [7, 11) is 0. The molecule has 1 amide bonds. The Balaban J connectivity index is 1.64. The smallest absolute Gasteiger partial charge is 0.259 e. The van der Waals surface area contributed by atoms with Gasteiger partial charge in [-0.3, -0.25) is 9.78 Å². The quantitative estimate of drug-likeness (QED) is 0.493. The number of anilines is 1. The maximum absolute atomic E-state index is 13.5. The van der Waals surface area contributed by atoms with Gasteiger partial charge in [0.25, 0.3) is 5.91 Å². The topological polar surface area (TPSA) is 77.0 Å². The van der Waals surface area contributed by atoms with E-state index >= 15 is 0 Å². The summed E-state index contributed by atoms with van der Waals surface area (Å²) >= 11 is 0. The Hall–Kier alpha value is -4.20. The molecule has 8 heteroatoms. The van der Waals surface area contributed by atoms with Crippen molar-refractivity contribution in [1.82, 2.24) is 15.2 Å². The van der Waals surface area contributed by atoms with Crippen molar-refractivity contribution in [3.8, 4) is 16.9 Å². The van der Waals surface area contributed by atoms with Gasteiger partial charge in [0.1, 0.15) is 12.4 Å². The highest BCUT2D eigenvalue weighted by Gasteiger charge is 2.16. The van der Waals surface area contributed by atoms with Crippen molar-refractivity contribution >= 4 is 11.6 Å². The molecule has 0 aliphatic carbocycles. The van der Waals surface area contributed by atoms with Crippen LogP contribution in [0.15, 0.2) is 79.4 Å². The lowest BCUT2D eigenvalue weighted by Crippen LogP contribution is -2.14. The minimum atomic E-state index is -0.961. The van der Waals surface area contributed by atoms with Gasteiger partial charge in [-0.2, -0.15) is 10.2 Å². The second kappa shape index (κ2) is 9.08. The fourth-order valence-corrected chi connectivity index (χ4v) is 2.91. The van der Waals surface area contributed by atoms with E-state index in [-0.39, 0.29) is 12.2 Å². The molecule has 0 radical (unpaired) electrons. The van der Waals surface area contributed by atoms with E-state index in [1.165, 1.54) is 18.5 Å². The number of nitrogens with zero attached hydrogens (tertiary/aromatic N) is 3. The molecule has 4 rings (SSSR count). The van der Waals surface area contributed by atoms with Gasteiger partial charge >= 0.3 is 0 Å². The molecular formula is C23H16F2N4O2. The number of ether oxygens (including phenoxy) is 1. The zero-order valence-corrected chi connectivity index (χ0v) is 16.1. The lowest BCUT2D eigenvalue weighted by atomic mass is 10.0. The Labute approximate surface area is 176 Å². The molecule has 0 fully saturated rings. The standard InChI is InChI=1S/C23H16F2N4O2/c24-20-3-1-15(11-21(20)25)14-31-22-4-2-17(16-5-8-26-9-6-16)12-19(22)23(30)29-18-7-10-27-28-13-18/h1-13H,14H2,(H,27,29,30). The number of benzene rings is 2. The fraction of sp³-hybridized carbons (Fsp3) is 0.0435. The Bertz CT molecular complexity index is 1200. The maximum Gasteiger partial charge on any atom is 0.259 e. The summed E-state index contributed by atoms with van der Waals surface area (Å²) in [5.74, 6) is -2.01. The summed E-state index contributed by atoms with van der Waals surface area (Å²) in [4.78, 5) is 17.0. The van der Waals surface area contributed by atoms with Crippen LogP contribution in [0.1, 0.15) is 15.9 Å². The van der Waals surface area contributed by atoms with E-state index in [1.807, 2.05) is 12.1 Å². The number of carbonyl (C=O) groups excluding carboxylic acids is 1. The van der Waals surface area contributed by atoms with Crippen LogP contribution in [-0.2, 0) is 6.61 Å². The van der Waals surface area contributed by atoms with E-state index in [2.05, 4.69) is 20.5 Å². The molecule has 0 unspecified atom stereocenters. The summed E-state index contributed by atoms with van der Waals surface area (Å²) in [6.07, 6.45) is 6.20. The van der Waals surface area contributed by atoms with Crippen LogP contribution in [0.5, 0.6) is 5.75 Å². The molecule has 0 saturated heterocycles. The maximum atomic E-state index is 13.5. The molecule has 0 bridgehead atoms. The van der Waals surface area contributed by atoms with E-state index in [0.29, 0.717) is 17.0 Å². The van der Waals surface area contributed by atoms with Crippen molar-refractivity contribution in [3.63, 3.8) is 0 Å². The minimum absolute atomic E-state index is 0.0388. The molecule has 2 heterocycles. The number of amides is 1. The van der Waals surface area contributed by atoms with Gasteiger partial charge in [0, 0.05) is 12.4 Å². The Morgan fingerprint density at radius 1 is 0.871 bits per heavy atom. The van der Waals surface area contributed by atoms with Crippen LogP contribution < -0.4 is 10.1 Å². The third kappa shape index (κ3) is 4.87. The van der Waals surface area contributed by atoms with Crippen LogP contribution in [0, 0.1) is 11.6 Å². The number of nitrogens with one attached hydrogen (secondary N) is 1. The third-order valence-corrected chi connectivity index (χ3v) is 4.46. The van der Waals surface area contributed by atoms with Crippen molar-refractivity contribution in [3.05, 3.63) is 102 Å². The van der Waals surface area contributed by atoms with Gasteiger partial charge < -0.3 is 10.1 Å². The van der Waals surface area contributed by atoms with Gasteiger partial charge in [0.2, 0.25) is 0 Å². The Kier molecular flexibility index (Phi) is 5.89. The molecule has 0 saturated carbocycles. The molecule has 2 aromatic carbocycles. The molecule has 0 aliphatic rings. The summed E-state index contributed by atoms with van der Waals surface area (Å²) in [6, 6.07) is 13.9. The summed E-state index contributed by atoms with van der Waals surface area (Å²) in [6.45, 7) is -0.0388. The SMILES string of the molecule is O=C(Nc1ccnnc1)c1cc(-c2ccncc2)ccc1OCc1ccc(F)c(F)c1. The summed E-state index contributed by atoms with van der Waals surface area (Å²) < 4.78 is 32.4. The first-order valence-electron chi connectivity index (χ1n) is 9.29. The van der Waals surface area contributed by atoms with E-state index in [9.17, 15) is 13.6 Å². The van der Waals surface area contributed by atoms with E-state index in [4.69, 9.17) is 4.74 Å². The zero-order chi connectivity index (χ0) is 21.6. The molecular weight excluding hydrogens is 402 g/mol. The third-order valence-electron chi connectivity index (χ3n) is 4.46. The van der Waals surface area contributed by atoms with Gasteiger partial charge in [0.15, 0.2) is 11.6 Å². The van der Waals surface area contributed by atoms with Gasteiger partial charge in [-0.25, -0.2) is 8.78 Å². The minimum Gasteiger partial charge on any atom is -0.488 e. The zero-order valence-electron chi connectivity index (χ0n) is 16.1. The molecule has 2 aromatic heterocycles. The number of pyridine rings is 1. The molecule has 31 heavy (non-hydrogen) atoms. The monoisotopic (exact) mass is 418 g/mol. The van der Waals surface area contributed by atoms with Crippen LogP contribution in [0.3, 0.4) is 0 Å². The van der Waals surface area contributed by atoms with Crippen LogP contribution in [0.4, 0.5) is 14.5 Å². The highest BCUT2D eigenvalue weighted by Crippen LogP contribution is 2.28. The van der Waals surface area contributed by atoms with Crippen molar-refractivity contribution < 1.29 is 18.3 Å². The normalized spacial score (nSPS) is 10.5. The molecule has 154 valence electrons. The number of hydrogen-bond donors (Lipinski definition) is 1. The average molecular weight is 418 g/mol. The Morgan fingerprint density at radius 3 is 2.45 bits per heavy atom. The van der Waals surface area contributed by atoms with Crippen LogP contribution in [-0.4, -0.2) is 21.1 Å². The van der Waals surface area contributed by atoms with Gasteiger partial charge in [-0.05, 0) is 59.2 Å². The first-order chi connectivity index (χ1) is 15.1. The lowest BCUT2D eigenvalue weighted by molar-refractivity contribution is 0.102. The van der Waals surface area contributed by atoms with Crippen molar-refractivity contribution in [2.24, 2.45) is 0 Å². The number of hydrogen-bond acceptors (Lipinski definition) is 5. The predicted octanol–water partition coefficient (Wildman–Crippen LogP) is 4.65. The van der Waals surface area contributed by atoms with Crippen molar-refractivity contribution in [2.45, 2.75) is 6.61 Å². The van der Waals surface area contributed by atoms with Crippen molar-refractivity contribution in [1.29, 1.82) is 0 Å². The predicted molar refractivity (Wildman–Crippen MR) is 110 cm³/mol. The van der Waals surface area contributed by atoms with Gasteiger partial charge in [-0.1, -0.05) is 12.1 Å².